The Bertz CT molecular complexity index is 710. The molecule has 0 radical (unpaired) electrons. The molecular formula is C17H20N4O. The van der Waals surface area contributed by atoms with Crippen molar-refractivity contribution in [3.63, 3.8) is 0 Å². The summed E-state index contributed by atoms with van der Waals surface area (Å²) in [5.41, 5.74) is 4.31. The van der Waals surface area contributed by atoms with Gasteiger partial charge >= 0.3 is 0 Å². The molecular weight excluding hydrogens is 276 g/mol. The van der Waals surface area contributed by atoms with E-state index in [1.165, 1.54) is 5.56 Å². The van der Waals surface area contributed by atoms with Gasteiger partial charge in [0, 0.05) is 17.9 Å². The van der Waals surface area contributed by atoms with Gasteiger partial charge in [0.15, 0.2) is 0 Å². The van der Waals surface area contributed by atoms with Crippen LogP contribution in [0, 0.1) is 20.8 Å². The minimum atomic E-state index is -0.241. The molecule has 2 rings (SSSR count). The van der Waals surface area contributed by atoms with Crippen molar-refractivity contribution in [1.29, 1.82) is 0 Å². The number of amides is 1. The second-order valence-electron chi connectivity index (χ2n) is 5.09. The molecule has 0 bridgehead atoms. The molecule has 0 saturated heterocycles. The number of hydrogen-bond acceptors (Lipinski definition) is 4. The van der Waals surface area contributed by atoms with Gasteiger partial charge in [-0.15, -0.1) is 6.58 Å². The average Bonchev–Trinajstić information content (AvgIpc) is 2.49. The van der Waals surface area contributed by atoms with Crippen molar-refractivity contribution < 1.29 is 4.79 Å². The first-order valence-corrected chi connectivity index (χ1v) is 7.09. The molecule has 0 atom stereocenters. The zero-order chi connectivity index (χ0) is 16.1. The maximum Gasteiger partial charge on any atom is 0.270 e. The number of nitrogens with zero attached hydrogens (tertiary/aromatic N) is 2. The van der Waals surface area contributed by atoms with Crippen LogP contribution in [0.25, 0.3) is 0 Å². The van der Waals surface area contributed by atoms with Crippen LogP contribution < -0.4 is 10.6 Å². The highest BCUT2D eigenvalue weighted by atomic mass is 16.1. The zero-order valence-corrected chi connectivity index (χ0v) is 13.1. The van der Waals surface area contributed by atoms with Gasteiger partial charge in [-0.3, -0.25) is 4.79 Å². The monoisotopic (exact) mass is 296 g/mol. The summed E-state index contributed by atoms with van der Waals surface area (Å²) in [7, 11) is 0. The van der Waals surface area contributed by atoms with E-state index in [2.05, 4.69) is 27.2 Å². The number of hydrogen-bond donors (Lipinski definition) is 2. The summed E-state index contributed by atoms with van der Waals surface area (Å²) in [6, 6.07) is 7.64. The Morgan fingerprint density at radius 1 is 1.27 bits per heavy atom. The smallest absolute Gasteiger partial charge is 0.270 e. The number of nitrogens with one attached hydrogen (secondary N) is 2. The second-order valence-corrected chi connectivity index (χ2v) is 5.09. The summed E-state index contributed by atoms with van der Waals surface area (Å²) in [5, 5.41) is 5.90. The first kappa shape index (κ1) is 15.7. The minimum Gasteiger partial charge on any atom is -0.347 e. The molecule has 1 aromatic carbocycles. The summed E-state index contributed by atoms with van der Waals surface area (Å²) < 4.78 is 0. The molecule has 1 amide bonds. The number of benzene rings is 1. The Kier molecular flexibility index (Phi) is 4.88. The third-order valence-electron chi connectivity index (χ3n) is 3.34. The molecule has 0 fully saturated rings. The van der Waals surface area contributed by atoms with Crippen LogP contribution in [0.5, 0.6) is 0 Å². The Hall–Kier alpha value is -2.69. The molecule has 0 aliphatic heterocycles. The van der Waals surface area contributed by atoms with Gasteiger partial charge in [-0.1, -0.05) is 18.2 Å². The predicted molar refractivity (Wildman–Crippen MR) is 88.5 cm³/mol. The third-order valence-corrected chi connectivity index (χ3v) is 3.34. The fourth-order valence-electron chi connectivity index (χ4n) is 2.00. The van der Waals surface area contributed by atoms with E-state index in [0.29, 0.717) is 18.2 Å². The van der Waals surface area contributed by atoms with Gasteiger partial charge in [0.1, 0.15) is 5.69 Å². The molecule has 22 heavy (non-hydrogen) atoms. The molecule has 0 aliphatic carbocycles. The van der Waals surface area contributed by atoms with Gasteiger partial charge in [0.25, 0.3) is 5.91 Å². The van der Waals surface area contributed by atoms with Crippen LogP contribution in [0.15, 0.2) is 36.9 Å². The Morgan fingerprint density at radius 3 is 2.77 bits per heavy atom. The van der Waals surface area contributed by atoms with Crippen molar-refractivity contribution in [2.24, 2.45) is 0 Å². The van der Waals surface area contributed by atoms with Crippen LogP contribution in [0.2, 0.25) is 0 Å². The summed E-state index contributed by atoms with van der Waals surface area (Å²) in [6.45, 7) is 9.89. The number of anilines is 2. The average molecular weight is 296 g/mol. The molecule has 114 valence electrons. The highest BCUT2D eigenvalue weighted by Crippen LogP contribution is 2.21. The van der Waals surface area contributed by atoms with Crippen LogP contribution in [-0.4, -0.2) is 22.4 Å². The highest BCUT2D eigenvalue weighted by Gasteiger charge is 2.10. The van der Waals surface area contributed by atoms with Crippen molar-refractivity contribution in [3.05, 3.63) is 59.4 Å². The van der Waals surface area contributed by atoms with Gasteiger partial charge in [0.05, 0.1) is 0 Å². The fourth-order valence-corrected chi connectivity index (χ4v) is 2.00. The van der Waals surface area contributed by atoms with Crippen LogP contribution >= 0.6 is 0 Å². The van der Waals surface area contributed by atoms with E-state index in [-0.39, 0.29) is 5.91 Å². The summed E-state index contributed by atoms with van der Waals surface area (Å²) >= 11 is 0. The predicted octanol–water partition coefficient (Wildman–Crippen LogP) is 3.06. The molecule has 0 spiro atoms. The third kappa shape index (κ3) is 3.69. The quantitative estimate of drug-likeness (QED) is 0.832. The lowest BCUT2D eigenvalue weighted by Crippen LogP contribution is -2.24. The van der Waals surface area contributed by atoms with Gasteiger partial charge in [-0.05, 0) is 44.0 Å². The fraction of sp³-hybridized carbons (Fsp3) is 0.235. The number of aryl methyl sites for hydroxylation is 2. The first-order valence-electron chi connectivity index (χ1n) is 7.09. The number of aromatic nitrogens is 2. The molecule has 2 N–H and O–H groups in total. The molecule has 5 heteroatoms. The maximum absolute atomic E-state index is 12.0. The molecule has 0 saturated carbocycles. The number of carbonyl (C=O) groups is 1. The van der Waals surface area contributed by atoms with E-state index in [0.717, 1.165) is 16.9 Å². The summed E-state index contributed by atoms with van der Waals surface area (Å²) in [5.74, 6) is 0.173. The topological polar surface area (TPSA) is 66.9 Å². The zero-order valence-electron chi connectivity index (χ0n) is 13.1. The lowest BCUT2D eigenvalue weighted by Gasteiger charge is -2.11. The molecule has 5 nitrogen and oxygen atoms in total. The molecule has 0 aliphatic rings. The van der Waals surface area contributed by atoms with Crippen molar-refractivity contribution >= 4 is 17.5 Å². The SMILES string of the molecule is C=CCNC(=O)c1cc(C)nc(Nc2cccc(C)c2C)n1. The first-order chi connectivity index (χ1) is 10.5. The van der Waals surface area contributed by atoms with Gasteiger partial charge in [-0.2, -0.15) is 0 Å². The normalized spacial score (nSPS) is 10.1. The Balaban J connectivity index is 2.28. The molecule has 0 unspecified atom stereocenters. The van der Waals surface area contributed by atoms with Crippen molar-refractivity contribution in [2.75, 3.05) is 11.9 Å². The van der Waals surface area contributed by atoms with Gasteiger partial charge in [-0.25, -0.2) is 9.97 Å². The minimum absolute atomic E-state index is 0.241. The Morgan fingerprint density at radius 2 is 2.05 bits per heavy atom. The lowest BCUT2D eigenvalue weighted by atomic mass is 10.1. The highest BCUT2D eigenvalue weighted by molar-refractivity contribution is 5.92. The summed E-state index contributed by atoms with van der Waals surface area (Å²) in [6.07, 6.45) is 1.63. The standard InChI is InChI=1S/C17H20N4O/c1-5-9-18-16(22)15-10-12(3)19-17(21-15)20-14-8-6-7-11(2)13(14)4/h5-8,10H,1,9H2,2-4H3,(H,18,22)(H,19,20,21). The number of carbonyl (C=O) groups excluding carboxylic acids is 1. The van der Waals surface area contributed by atoms with E-state index < -0.39 is 0 Å². The van der Waals surface area contributed by atoms with Crippen molar-refractivity contribution in [1.82, 2.24) is 15.3 Å². The van der Waals surface area contributed by atoms with E-state index in [4.69, 9.17) is 0 Å². The lowest BCUT2D eigenvalue weighted by molar-refractivity contribution is 0.0953. The van der Waals surface area contributed by atoms with E-state index >= 15 is 0 Å². The van der Waals surface area contributed by atoms with Gasteiger partial charge < -0.3 is 10.6 Å². The van der Waals surface area contributed by atoms with E-state index in [1.807, 2.05) is 39.0 Å². The number of rotatable bonds is 5. The van der Waals surface area contributed by atoms with Crippen LogP contribution in [0.4, 0.5) is 11.6 Å². The molecule has 2 aromatic rings. The van der Waals surface area contributed by atoms with E-state index in [1.54, 1.807) is 12.1 Å². The van der Waals surface area contributed by atoms with E-state index in [9.17, 15) is 4.79 Å². The molecule has 1 heterocycles. The second kappa shape index (κ2) is 6.85. The van der Waals surface area contributed by atoms with Crippen LogP contribution in [-0.2, 0) is 0 Å². The van der Waals surface area contributed by atoms with Crippen molar-refractivity contribution in [2.45, 2.75) is 20.8 Å². The maximum atomic E-state index is 12.0. The summed E-state index contributed by atoms with van der Waals surface area (Å²) in [4.78, 5) is 20.6. The van der Waals surface area contributed by atoms with Crippen LogP contribution in [0.1, 0.15) is 27.3 Å². The largest absolute Gasteiger partial charge is 0.347 e. The Labute approximate surface area is 130 Å². The van der Waals surface area contributed by atoms with Gasteiger partial charge in [0.2, 0.25) is 5.95 Å². The van der Waals surface area contributed by atoms with Crippen LogP contribution in [0.3, 0.4) is 0 Å². The van der Waals surface area contributed by atoms with Crippen molar-refractivity contribution in [3.8, 4) is 0 Å². The molecule has 1 aromatic heterocycles.